The van der Waals surface area contributed by atoms with Crippen molar-refractivity contribution in [3.8, 4) is 17.9 Å². The molecule has 0 unspecified atom stereocenters. The van der Waals surface area contributed by atoms with Crippen LogP contribution in [0.25, 0.3) is 0 Å². The normalized spacial score (nSPS) is 7.92. The highest BCUT2D eigenvalue weighted by atomic mass is 16.1. The van der Waals surface area contributed by atoms with Crippen molar-refractivity contribution in [2.24, 2.45) is 0 Å². The Hall–Kier alpha value is -2.00. The van der Waals surface area contributed by atoms with E-state index in [4.69, 9.17) is 5.26 Å². The monoisotopic (exact) mass is 158 g/mol. The van der Waals surface area contributed by atoms with E-state index in [1.54, 1.807) is 6.07 Å². The Morgan fingerprint density at radius 2 is 2.42 bits per heavy atom. The third kappa shape index (κ3) is 2.32. The van der Waals surface area contributed by atoms with E-state index in [0.29, 0.717) is 5.56 Å². The molecule has 1 heterocycles. The number of aromatic amines is 1. The van der Waals surface area contributed by atoms with E-state index in [1.165, 1.54) is 12.3 Å². The van der Waals surface area contributed by atoms with Gasteiger partial charge in [-0.1, -0.05) is 11.8 Å². The predicted octanol–water partition coefficient (Wildman–Crippen LogP) is 0.640. The topological polar surface area (TPSA) is 56.6 Å². The Morgan fingerprint density at radius 3 is 3.08 bits per heavy atom. The van der Waals surface area contributed by atoms with E-state index in [2.05, 4.69) is 16.8 Å². The molecule has 0 atom stereocenters. The highest BCUT2D eigenvalue weighted by molar-refractivity contribution is 5.32. The van der Waals surface area contributed by atoms with Gasteiger partial charge in [0.05, 0.1) is 12.5 Å². The van der Waals surface area contributed by atoms with Gasteiger partial charge >= 0.3 is 0 Å². The van der Waals surface area contributed by atoms with Crippen LogP contribution in [0.3, 0.4) is 0 Å². The minimum atomic E-state index is -0.182. The lowest BCUT2D eigenvalue weighted by atomic mass is 10.2. The summed E-state index contributed by atoms with van der Waals surface area (Å²) in [6.45, 7) is 0. The number of H-pyrrole nitrogens is 1. The Bertz CT molecular complexity index is 414. The first kappa shape index (κ1) is 8.10. The summed E-state index contributed by atoms with van der Waals surface area (Å²) < 4.78 is 0. The number of hydrogen-bond donors (Lipinski definition) is 1. The fraction of sp³-hybridized carbons (Fsp3) is 0.111. The van der Waals surface area contributed by atoms with Crippen LogP contribution in [-0.2, 0) is 0 Å². The molecule has 0 aliphatic carbocycles. The van der Waals surface area contributed by atoms with Crippen molar-refractivity contribution in [3.05, 3.63) is 34.2 Å². The molecule has 3 heteroatoms. The smallest absolute Gasteiger partial charge is 0.249 e. The van der Waals surface area contributed by atoms with Gasteiger partial charge in [-0.3, -0.25) is 4.79 Å². The maximum absolute atomic E-state index is 10.7. The maximum atomic E-state index is 10.7. The van der Waals surface area contributed by atoms with Gasteiger partial charge in [0.15, 0.2) is 0 Å². The van der Waals surface area contributed by atoms with Gasteiger partial charge in [-0.05, 0) is 6.07 Å². The summed E-state index contributed by atoms with van der Waals surface area (Å²) in [5.74, 6) is 5.31. The molecule has 0 fully saturated rings. The van der Waals surface area contributed by atoms with E-state index >= 15 is 0 Å². The van der Waals surface area contributed by atoms with Gasteiger partial charge in [-0.15, -0.1) is 0 Å². The number of pyridine rings is 1. The molecule has 0 amide bonds. The third-order valence-corrected chi connectivity index (χ3v) is 1.18. The summed E-state index contributed by atoms with van der Waals surface area (Å²) >= 11 is 0. The van der Waals surface area contributed by atoms with Crippen molar-refractivity contribution < 1.29 is 0 Å². The molecule has 1 rings (SSSR count). The molecule has 0 spiro atoms. The molecular formula is C9H6N2O. The average Bonchev–Trinajstić information content (AvgIpc) is 2.05. The van der Waals surface area contributed by atoms with Gasteiger partial charge in [0.1, 0.15) is 0 Å². The fourth-order valence-electron chi connectivity index (χ4n) is 0.708. The third-order valence-electron chi connectivity index (χ3n) is 1.18. The lowest BCUT2D eigenvalue weighted by Crippen LogP contribution is -2.02. The minimum Gasteiger partial charge on any atom is -0.329 e. The molecule has 0 radical (unpaired) electrons. The van der Waals surface area contributed by atoms with Crippen LogP contribution in [0.1, 0.15) is 12.0 Å². The highest BCUT2D eigenvalue weighted by Crippen LogP contribution is 1.88. The molecule has 0 aromatic carbocycles. The van der Waals surface area contributed by atoms with E-state index < -0.39 is 0 Å². The van der Waals surface area contributed by atoms with Crippen LogP contribution in [0, 0.1) is 23.2 Å². The number of nitriles is 1. The number of rotatable bonds is 0. The standard InChI is InChI=1S/C9H6N2O/c10-5-2-1-3-8-4-6-11-9(12)7-8/h4,6-7H,2H2,(H,11,12). The molecule has 0 bridgehead atoms. The van der Waals surface area contributed by atoms with Crippen LogP contribution in [0.5, 0.6) is 0 Å². The summed E-state index contributed by atoms with van der Waals surface area (Å²) in [6, 6.07) is 4.97. The molecule has 0 aliphatic heterocycles. The summed E-state index contributed by atoms with van der Waals surface area (Å²) in [4.78, 5) is 13.2. The number of hydrogen-bond acceptors (Lipinski definition) is 2. The van der Waals surface area contributed by atoms with Crippen LogP contribution in [0.15, 0.2) is 23.1 Å². The first-order valence-corrected chi connectivity index (χ1v) is 3.37. The Balaban J connectivity index is 2.87. The van der Waals surface area contributed by atoms with Crippen LogP contribution in [-0.4, -0.2) is 4.98 Å². The van der Waals surface area contributed by atoms with Crippen molar-refractivity contribution in [1.29, 1.82) is 5.26 Å². The zero-order valence-electron chi connectivity index (χ0n) is 6.29. The van der Waals surface area contributed by atoms with Crippen molar-refractivity contribution in [1.82, 2.24) is 4.98 Å². The second-order valence-electron chi connectivity index (χ2n) is 2.08. The minimum absolute atomic E-state index is 0.182. The molecule has 1 aromatic rings. The molecule has 12 heavy (non-hydrogen) atoms. The van der Waals surface area contributed by atoms with Crippen molar-refractivity contribution in [2.75, 3.05) is 0 Å². The van der Waals surface area contributed by atoms with Crippen LogP contribution < -0.4 is 5.56 Å². The van der Waals surface area contributed by atoms with Gasteiger partial charge in [-0.25, -0.2) is 0 Å². The lowest BCUT2D eigenvalue weighted by Gasteiger charge is -1.84. The largest absolute Gasteiger partial charge is 0.329 e. The zero-order valence-corrected chi connectivity index (χ0v) is 6.29. The zero-order chi connectivity index (χ0) is 8.81. The number of nitrogens with zero attached hydrogens (tertiary/aromatic N) is 1. The number of aromatic nitrogens is 1. The average molecular weight is 158 g/mol. The first-order chi connectivity index (χ1) is 5.83. The molecule has 0 aliphatic rings. The Labute approximate surface area is 69.7 Å². The summed E-state index contributed by atoms with van der Waals surface area (Å²) in [5.41, 5.74) is 0.452. The molecule has 0 saturated carbocycles. The molecule has 3 nitrogen and oxygen atoms in total. The summed E-state index contributed by atoms with van der Waals surface area (Å²) in [7, 11) is 0. The van der Waals surface area contributed by atoms with Crippen molar-refractivity contribution in [2.45, 2.75) is 6.42 Å². The fourth-order valence-corrected chi connectivity index (χ4v) is 0.708. The predicted molar refractivity (Wildman–Crippen MR) is 44.2 cm³/mol. The van der Waals surface area contributed by atoms with Crippen LogP contribution in [0.2, 0.25) is 0 Å². The van der Waals surface area contributed by atoms with Crippen molar-refractivity contribution in [3.63, 3.8) is 0 Å². The Kier molecular flexibility index (Phi) is 2.70. The van der Waals surface area contributed by atoms with Crippen LogP contribution >= 0.6 is 0 Å². The molecular weight excluding hydrogens is 152 g/mol. The summed E-state index contributed by atoms with van der Waals surface area (Å²) in [6.07, 6.45) is 1.71. The summed E-state index contributed by atoms with van der Waals surface area (Å²) in [5, 5.41) is 8.18. The van der Waals surface area contributed by atoms with E-state index in [9.17, 15) is 4.79 Å². The molecule has 58 valence electrons. The highest BCUT2D eigenvalue weighted by Gasteiger charge is 1.85. The van der Waals surface area contributed by atoms with Gasteiger partial charge in [0, 0.05) is 17.8 Å². The Morgan fingerprint density at radius 1 is 1.58 bits per heavy atom. The van der Waals surface area contributed by atoms with E-state index in [0.717, 1.165) is 0 Å². The second kappa shape index (κ2) is 4.00. The van der Waals surface area contributed by atoms with Gasteiger partial charge < -0.3 is 4.98 Å². The van der Waals surface area contributed by atoms with Gasteiger partial charge in [-0.2, -0.15) is 5.26 Å². The molecule has 1 aromatic heterocycles. The molecule has 1 N–H and O–H groups in total. The number of nitrogens with one attached hydrogen (secondary N) is 1. The molecule has 0 saturated heterocycles. The quantitative estimate of drug-likeness (QED) is 0.563. The first-order valence-electron chi connectivity index (χ1n) is 3.37. The van der Waals surface area contributed by atoms with Gasteiger partial charge in [0.25, 0.3) is 0 Å². The maximum Gasteiger partial charge on any atom is 0.249 e. The van der Waals surface area contributed by atoms with E-state index in [1.807, 2.05) is 6.07 Å². The SMILES string of the molecule is N#CCC#Cc1cc[nH]c(=O)c1. The van der Waals surface area contributed by atoms with E-state index in [-0.39, 0.29) is 12.0 Å². The lowest BCUT2D eigenvalue weighted by molar-refractivity contribution is 1.23. The van der Waals surface area contributed by atoms with Crippen molar-refractivity contribution >= 4 is 0 Å². The van der Waals surface area contributed by atoms with Crippen LogP contribution in [0.4, 0.5) is 0 Å². The van der Waals surface area contributed by atoms with Gasteiger partial charge in [0.2, 0.25) is 5.56 Å². The second-order valence-corrected chi connectivity index (χ2v) is 2.08.